The summed E-state index contributed by atoms with van der Waals surface area (Å²) in [4.78, 5) is 14.3. The highest BCUT2D eigenvalue weighted by Gasteiger charge is 2.07. The second-order valence-corrected chi connectivity index (χ2v) is 6.34. The minimum atomic E-state index is -0.830. The minimum absolute atomic E-state index is 0.440. The maximum Gasteiger partial charge on any atom is 0.283 e. The van der Waals surface area contributed by atoms with E-state index in [0.29, 0.717) is 0 Å². The number of rotatable bonds is 7. The summed E-state index contributed by atoms with van der Waals surface area (Å²) in [5.74, 6) is -1.27. The van der Waals surface area contributed by atoms with Gasteiger partial charge in [-0.15, -0.1) is 0 Å². The number of para-hydroxylation sites is 1. The van der Waals surface area contributed by atoms with E-state index < -0.39 is 11.7 Å². The third kappa shape index (κ3) is 4.13. The maximum absolute atomic E-state index is 10.8. The number of aryl methyl sites for hydroxylation is 1. The molecule has 0 aliphatic rings. The second-order valence-electron chi connectivity index (χ2n) is 6.34. The summed E-state index contributed by atoms with van der Waals surface area (Å²) in [6.45, 7) is 3.75. The molecule has 134 valence electrons. The van der Waals surface area contributed by atoms with E-state index in [1.54, 1.807) is 0 Å². The van der Waals surface area contributed by atoms with Gasteiger partial charge >= 0.3 is 0 Å². The molecule has 0 unspecified atom stereocenters. The molecule has 0 bridgehead atoms. The Morgan fingerprint density at radius 1 is 1.19 bits per heavy atom. The quantitative estimate of drug-likeness (QED) is 0.300. The van der Waals surface area contributed by atoms with Gasteiger partial charge in [-0.1, -0.05) is 42.5 Å². The first kappa shape index (κ1) is 17.8. The Morgan fingerprint density at radius 3 is 2.65 bits per heavy atom. The zero-order valence-corrected chi connectivity index (χ0v) is 14.8. The van der Waals surface area contributed by atoms with Crippen LogP contribution in [-0.2, 0) is 17.8 Å². The molecule has 5 N–H and O–H groups in total. The first-order valence-electron chi connectivity index (χ1n) is 8.61. The molecule has 5 heteroatoms. The molecule has 1 aromatic heterocycles. The summed E-state index contributed by atoms with van der Waals surface area (Å²) in [5.41, 5.74) is 10.6. The van der Waals surface area contributed by atoms with Crippen LogP contribution in [0.3, 0.4) is 0 Å². The number of aliphatic hydroxyl groups is 1. The van der Waals surface area contributed by atoms with Crippen LogP contribution >= 0.6 is 0 Å². The minimum Gasteiger partial charge on any atom is -0.503 e. The Labute approximate surface area is 152 Å². The number of carbonyl (C=O) groups is 1. The molecule has 1 amide bonds. The van der Waals surface area contributed by atoms with E-state index in [2.05, 4.69) is 35.4 Å². The molecule has 0 aliphatic heterocycles. The smallest absolute Gasteiger partial charge is 0.283 e. The molecule has 0 radical (unpaired) electrons. The number of aromatic nitrogens is 1. The van der Waals surface area contributed by atoms with E-state index in [9.17, 15) is 9.90 Å². The van der Waals surface area contributed by atoms with Crippen molar-refractivity contribution in [2.75, 3.05) is 6.54 Å². The largest absolute Gasteiger partial charge is 0.503 e. The van der Waals surface area contributed by atoms with Crippen molar-refractivity contribution in [2.45, 2.75) is 19.9 Å². The molecule has 26 heavy (non-hydrogen) atoms. The van der Waals surface area contributed by atoms with Crippen molar-refractivity contribution in [1.29, 1.82) is 0 Å². The van der Waals surface area contributed by atoms with E-state index in [1.807, 2.05) is 30.3 Å². The predicted octanol–water partition coefficient (Wildman–Crippen LogP) is 3.19. The number of fused-ring (bicyclic) bond motifs is 1. The lowest BCUT2D eigenvalue weighted by atomic mass is 10.1. The first-order chi connectivity index (χ1) is 12.5. The number of H-pyrrole nitrogens is 1. The summed E-state index contributed by atoms with van der Waals surface area (Å²) in [6, 6.07) is 16.0. The fourth-order valence-electron chi connectivity index (χ4n) is 3.06. The molecule has 0 saturated heterocycles. The van der Waals surface area contributed by atoms with Crippen molar-refractivity contribution in [3.63, 3.8) is 0 Å². The number of aromatic amines is 1. The van der Waals surface area contributed by atoms with Gasteiger partial charge in [0.05, 0.1) is 0 Å². The zero-order valence-electron chi connectivity index (χ0n) is 14.8. The highest BCUT2D eigenvalue weighted by Crippen LogP contribution is 2.21. The number of primary amides is 1. The van der Waals surface area contributed by atoms with Gasteiger partial charge in [0.1, 0.15) is 0 Å². The van der Waals surface area contributed by atoms with E-state index in [1.165, 1.54) is 28.2 Å². The summed E-state index contributed by atoms with van der Waals surface area (Å²) in [7, 11) is 0. The normalized spacial score (nSPS) is 11.8. The van der Waals surface area contributed by atoms with Crippen LogP contribution in [0, 0.1) is 6.92 Å². The van der Waals surface area contributed by atoms with E-state index in [4.69, 9.17) is 5.73 Å². The van der Waals surface area contributed by atoms with Crippen LogP contribution in [-0.4, -0.2) is 22.5 Å². The SMILES string of the molecule is Cc1[nH]c2ccccc2c1CCNCc1ccc(/C=C(\O)C(N)=O)cc1. The molecule has 3 rings (SSSR count). The summed E-state index contributed by atoms with van der Waals surface area (Å²) >= 11 is 0. The molecule has 5 nitrogen and oxygen atoms in total. The lowest BCUT2D eigenvalue weighted by Gasteiger charge is -2.06. The van der Waals surface area contributed by atoms with Crippen LogP contribution in [0.5, 0.6) is 0 Å². The van der Waals surface area contributed by atoms with Crippen LogP contribution in [0.15, 0.2) is 54.3 Å². The van der Waals surface area contributed by atoms with Crippen LogP contribution < -0.4 is 11.1 Å². The second kappa shape index (κ2) is 7.89. The highest BCUT2D eigenvalue weighted by atomic mass is 16.3. The average molecular weight is 349 g/mol. The van der Waals surface area contributed by atoms with Gasteiger partial charge in [-0.3, -0.25) is 4.79 Å². The molecule has 1 heterocycles. The number of hydrogen-bond donors (Lipinski definition) is 4. The van der Waals surface area contributed by atoms with Gasteiger partial charge in [-0.2, -0.15) is 0 Å². The Morgan fingerprint density at radius 2 is 1.92 bits per heavy atom. The number of amides is 1. The Balaban J connectivity index is 1.54. The molecule has 3 aromatic rings. The third-order valence-corrected chi connectivity index (χ3v) is 4.44. The topological polar surface area (TPSA) is 91.1 Å². The van der Waals surface area contributed by atoms with E-state index in [0.717, 1.165) is 30.6 Å². The summed E-state index contributed by atoms with van der Waals surface area (Å²) in [5, 5.41) is 14.1. The van der Waals surface area contributed by atoms with E-state index in [-0.39, 0.29) is 0 Å². The molecule has 0 atom stereocenters. The molecule has 0 saturated carbocycles. The zero-order chi connectivity index (χ0) is 18.5. The van der Waals surface area contributed by atoms with Crippen LogP contribution in [0.25, 0.3) is 17.0 Å². The Bertz CT molecular complexity index is 940. The van der Waals surface area contributed by atoms with Gasteiger partial charge in [0.25, 0.3) is 5.91 Å². The van der Waals surface area contributed by atoms with Gasteiger partial charge in [-0.25, -0.2) is 0 Å². The molecule has 0 fully saturated rings. The van der Waals surface area contributed by atoms with Crippen molar-refractivity contribution >= 4 is 22.9 Å². The van der Waals surface area contributed by atoms with Gasteiger partial charge in [-0.05, 0) is 48.7 Å². The van der Waals surface area contributed by atoms with Crippen molar-refractivity contribution in [2.24, 2.45) is 5.73 Å². The molecular weight excluding hydrogens is 326 g/mol. The van der Waals surface area contributed by atoms with Gasteiger partial charge in [0.15, 0.2) is 5.76 Å². The summed E-state index contributed by atoms with van der Waals surface area (Å²) < 4.78 is 0. The number of benzene rings is 2. The van der Waals surface area contributed by atoms with E-state index >= 15 is 0 Å². The van der Waals surface area contributed by atoms with Crippen molar-refractivity contribution < 1.29 is 9.90 Å². The fraction of sp³-hybridized carbons (Fsp3) is 0.190. The van der Waals surface area contributed by atoms with Crippen LogP contribution in [0.1, 0.15) is 22.4 Å². The Hall–Kier alpha value is -3.05. The third-order valence-electron chi connectivity index (χ3n) is 4.44. The molecular formula is C21H23N3O2. The predicted molar refractivity (Wildman–Crippen MR) is 105 cm³/mol. The average Bonchev–Trinajstić information content (AvgIpc) is 2.95. The summed E-state index contributed by atoms with van der Waals surface area (Å²) in [6.07, 6.45) is 2.32. The molecule has 0 spiro atoms. The highest BCUT2D eigenvalue weighted by molar-refractivity contribution is 5.93. The number of nitrogens with one attached hydrogen (secondary N) is 2. The standard InChI is InChI=1S/C21H23N3O2/c1-14-17(18-4-2-3-5-19(18)24-14)10-11-23-13-16-8-6-15(7-9-16)12-20(25)21(22)26/h2-9,12,23-25H,10-11,13H2,1H3,(H2,22,26)/b20-12-. The van der Waals surface area contributed by atoms with Crippen molar-refractivity contribution in [3.8, 4) is 0 Å². The van der Waals surface area contributed by atoms with Gasteiger partial charge in [0.2, 0.25) is 0 Å². The maximum atomic E-state index is 10.8. The number of carbonyl (C=O) groups excluding carboxylic acids is 1. The van der Waals surface area contributed by atoms with Crippen molar-refractivity contribution in [3.05, 3.63) is 76.7 Å². The lowest BCUT2D eigenvalue weighted by molar-refractivity contribution is -0.116. The molecule has 2 aromatic carbocycles. The lowest BCUT2D eigenvalue weighted by Crippen LogP contribution is -2.16. The number of hydrogen-bond acceptors (Lipinski definition) is 3. The molecule has 0 aliphatic carbocycles. The van der Waals surface area contributed by atoms with Gasteiger partial charge in [0, 0.05) is 23.1 Å². The number of aliphatic hydroxyl groups excluding tert-OH is 1. The van der Waals surface area contributed by atoms with Crippen LogP contribution in [0.2, 0.25) is 0 Å². The van der Waals surface area contributed by atoms with Crippen molar-refractivity contribution in [1.82, 2.24) is 10.3 Å². The Kier molecular flexibility index (Phi) is 5.39. The van der Waals surface area contributed by atoms with Crippen LogP contribution in [0.4, 0.5) is 0 Å². The van der Waals surface area contributed by atoms with Gasteiger partial charge < -0.3 is 21.1 Å². The first-order valence-corrected chi connectivity index (χ1v) is 8.61. The monoisotopic (exact) mass is 349 g/mol. The fourth-order valence-corrected chi connectivity index (χ4v) is 3.06. The number of nitrogens with two attached hydrogens (primary N) is 1.